The molecule has 0 aliphatic heterocycles. The summed E-state index contributed by atoms with van der Waals surface area (Å²) in [5, 5.41) is 11.3. The second kappa shape index (κ2) is 2.72. The minimum atomic E-state index is 0.320. The molecule has 0 radical (unpaired) electrons. The van der Waals surface area contributed by atoms with E-state index in [0.717, 1.165) is 15.7 Å². The van der Waals surface area contributed by atoms with Crippen molar-refractivity contribution in [2.45, 2.75) is 4.90 Å². The van der Waals surface area contributed by atoms with Gasteiger partial charge in [0.05, 0.1) is 0 Å². The Bertz CT molecular complexity index is 423. The van der Waals surface area contributed by atoms with E-state index in [1.807, 2.05) is 30.3 Å². The zero-order valence-corrected chi connectivity index (χ0v) is 7.25. The van der Waals surface area contributed by atoms with E-state index in [4.69, 9.17) is 0 Å². The van der Waals surface area contributed by atoms with Gasteiger partial charge in [-0.05, 0) is 29.7 Å². The van der Waals surface area contributed by atoms with E-state index >= 15 is 0 Å². The Morgan fingerprint density at radius 2 is 1.92 bits per heavy atom. The molecule has 0 heterocycles. The average Bonchev–Trinajstić information content (AvgIpc) is 2.04. The summed E-state index contributed by atoms with van der Waals surface area (Å²) < 4.78 is 0. The van der Waals surface area contributed by atoms with Crippen LogP contribution in [0.1, 0.15) is 0 Å². The monoisotopic (exact) mass is 176 g/mol. The quantitative estimate of drug-likeness (QED) is 0.591. The van der Waals surface area contributed by atoms with Crippen LogP contribution in [0, 0.1) is 0 Å². The molecule has 0 bridgehead atoms. The maximum absolute atomic E-state index is 9.44. The van der Waals surface area contributed by atoms with Gasteiger partial charge in [0.15, 0.2) is 0 Å². The topological polar surface area (TPSA) is 20.2 Å². The maximum atomic E-state index is 9.44. The van der Waals surface area contributed by atoms with Crippen LogP contribution in [0.5, 0.6) is 5.75 Å². The zero-order valence-electron chi connectivity index (χ0n) is 6.36. The van der Waals surface area contributed by atoms with Crippen LogP contribution in [0.25, 0.3) is 10.8 Å². The molecule has 0 aromatic heterocycles. The average molecular weight is 176 g/mol. The van der Waals surface area contributed by atoms with Crippen molar-refractivity contribution in [3.05, 3.63) is 36.4 Å². The summed E-state index contributed by atoms with van der Waals surface area (Å²) in [6, 6.07) is 11.1. The first kappa shape index (κ1) is 7.50. The van der Waals surface area contributed by atoms with Crippen molar-refractivity contribution >= 4 is 23.4 Å². The van der Waals surface area contributed by atoms with Crippen molar-refractivity contribution in [1.29, 1.82) is 0 Å². The molecule has 1 nitrogen and oxygen atoms in total. The second-order valence-electron chi connectivity index (χ2n) is 2.68. The third-order valence-electron chi connectivity index (χ3n) is 1.84. The largest absolute Gasteiger partial charge is 0.507 e. The number of phenolic OH excluding ortho intramolecular Hbond substituents is 1. The molecule has 0 aliphatic rings. The Kier molecular flexibility index (Phi) is 1.70. The third kappa shape index (κ3) is 1.14. The molecular weight excluding hydrogens is 168 g/mol. The van der Waals surface area contributed by atoms with Crippen molar-refractivity contribution in [1.82, 2.24) is 0 Å². The smallest absolute Gasteiger partial charge is 0.123 e. The number of fused-ring (bicyclic) bond motifs is 1. The van der Waals surface area contributed by atoms with Gasteiger partial charge in [-0.1, -0.05) is 12.1 Å². The lowest BCUT2D eigenvalue weighted by Crippen LogP contribution is -1.73. The van der Waals surface area contributed by atoms with Crippen LogP contribution in [0.3, 0.4) is 0 Å². The molecular formula is C10H8OS. The van der Waals surface area contributed by atoms with Gasteiger partial charge in [-0.2, -0.15) is 0 Å². The fourth-order valence-corrected chi connectivity index (χ4v) is 1.47. The van der Waals surface area contributed by atoms with Gasteiger partial charge in [0, 0.05) is 10.3 Å². The summed E-state index contributed by atoms with van der Waals surface area (Å²) in [6.45, 7) is 0. The van der Waals surface area contributed by atoms with Crippen LogP contribution in [-0.2, 0) is 0 Å². The molecule has 0 aliphatic carbocycles. The molecule has 0 unspecified atom stereocenters. The molecule has 2 rings (SSSR count). The normalized spacial score (nSPS) is 10.4. The molecule has 0 saturated heterocycles. The summed E-state index contributed by atoms with van der Waals surface area (Å²) in [7, 11) is 0. The van der Waals surface area contributed by atoms with E-state index in [9.17, 15) is 5.11 Å². The molecule has 2 heteroatoms. The van der Waals surface area contributed by atoms with Crippen LogP contribution in [0.2, 0.25) is 0 Å². The number of aromatic hydroxyl groups is 1. The SMILES string of the molecule is Oc1cccc2cc(S)ccc12. The fraction of sp³-hybridized carbons (Fsp3) is 0. The number of thiol groups is 1. The third-order valence-corrected chi connectivity index (χ3v) is 2.12. The lowest BCUT2D eigenvalue weighted by atomic mass is 10.1. The number of phenols is 1. The summed E-state index contributed by atoms with van der Waals surface area (Å²) in [5.74, 6) is 0.320. The Labute approximate surface area is 76.1 Å². The van der Waals surface area contributed by atoms with Crippen molar-refractivity contribution < 1.29 is 5.11 Å². The highest BCUT2D eigenvalue weighted by molar-refractivity contribution is 7.80. The molecule has 60 valence electrons. The predicted octanol–water partition coefficient (Wildman–Crippen LogP) is 2.83. The van der Waals surface area contributed by atoms with Crippen LogP contribution in [0.15, 0.2) is 41.3 Å². The van der Waals surface area contributed by atoms with Crippen molar-refractivity contribution in [2.75, 3.05) is 0 Å². The van der Waals surface area contributed by atoms with E-state index in [0.29, 0.717) is 5.75 Å². The highest BCUT2D eigenvalue weighted by atomic mass is 32.1. The number of rotatable bonds is 0. The molecule has 0 amide bonds. The Morgan fingerprint density at radius 1 is 1.08 bits per heavy atom. The number of hydrogen-bond donors (Lipinski definition) is 2. The summed E-state index contributed by atoms with van der Waals surface area (Å²) in [4.78, 5) is 0.910. The molecule has 2 aromatic rings. The molecule has 1 N–H and O–H groups in total. The Balaban J connectivity index is 2.86. The molecule has 2 aromatic carbocycles. The lowest BCUT2D eigenvalue weighted by molar-refractivity contribution is 0.481. The van der Waals surface area contributed by atoms with E-state index < -0.39 is 0 Å². The van der Waals surface area contributed by atoms with E-state index in [2.05, 4.69) is 12.6 Å². The van der Waals surface area contributed by atoms with Gasteiger partial charge in [0.25, 0.3) is 0 Å². The molecule has 0 fully saturated rings. The van der Waals surface area contributed by atoms with Crippen LogP contribution in [0.4, 0.5) is 0 Å². The van der Waals surface area contributed by atoms with Gasteiger partial charge in [0.2, 0.25) is 0 Å². The summed E-state index contributed by atoms with van der Waals surface area (Å²) in [5.41, 5.74) is 0. The van der Waals surface area contributed by atoms with Gasteiger partial charge in [-0.15, -0.1) is 12.6 Å². The van der Waals surface area contributed by atoms with E-state index in [-0.39, 0.29) is 0 Å². The highest BCUT2D eigenvalue weighted by Crippen LogP contribution is 2.25. The van der Waals surface area contributed by atoms with Gasteiger partial charge >= 0.3 is 0 Å². The Hall–Kier alpha value is -1.15. The first-order valence-electron chi connectivity index (χ1n) is 3.68. The number of benzene rings is 2. The zero-order chi connectivity index (χ0) is 8.55. The Morgan fingerprint density at radius 3 is 2.75 bits per heavy atom. The number of hydrogen-bond acceptors (Lipinski definition) is 2. The van der Waals surface area contributed by atoms with Crippen molar-refractivity contribution in [3.63, 3.8) is 0 Å². The van der Waals surface area contributed by atoms with Gasteiger partial charge in [-0.25, -0.2) is 0 Å². The van der Waals surface area contributed by atoms with E-state index in [1.165, 1.54) is 0 Å². The standard InChI is InChI=1S/C10H8OS/c11-10-3-1-2-7-6-8(12)4-5-9(7)10/h1-6,11-12H. The molecule has 0 spiro atoms. The second-order valence-corrected chi connectivity index (χ2v) is 3.20. The summed E-state index contributed by atoms with van der Waals surface area (Å²) in [6.07, 6.45) is 0. The summed E-state index contributed by atoms with van der Waals surface area (Å²) >= 11 is 4.21. The van der Waals surface area contributed by atoms with Gasteiger partial charge in [-0.3, -0.25) is 0 Å². The van der Waals surface area contributed by atoms with Crippen LogP contribution >= 0.6 is 12.6 Å². The van der Waals surface area contributed by atoms with Gasteiger partial charge < -0.3 is 5.11 Å². The predicted molar refractivity (Wildman–Crippen MR) is 52.9 cm³/mol. The van der Waals surface area contributed by atoms with Crippen LogP contribution < -0.4 is 0 Å². The molecule has 0 saturated carbocycles. The minimum absolute atomic E-state index is 0.320. The first-order chi connectivity index (χ1) is 5.77. The first-order valence-corrected chi connectivity index (χ1v) is 4.13. The maximum Gasteiger partial charge on any atom is 0.123 e. The molecule has 0 atom stereocenters. The highest BCUT2D eigenvalue weighted by Gasteiger charge is 1.97. The van der Waals surface area contributed by atoms with Crippen LogP contribution in [-0.4, -0.2) is 5.11 Å². The lowest BCUT2D eigenvalue weighted by Gasteiger charge is -2.00. The van der Waals surface area contributed by atoms with E-state index in [1.54, 1.807) is 6.07 Å². The van der Waals surface area contributed by atoms with Crippen molar-refractivity contribution in [2.24, 2.45) is 0 Å². The molecule has 12 heavy (non-hydrogen) atoms. The minimum Gasteiger partial charge on any atom is -0.507 e. The van der Waals surface area contributed by atoms with Crippen molar-refractivity contribution in [3.8, 4) is 5.75 Å². The fourth-order valence-electron chi connectivity index (χ4n) is 1.25. The van der Waals surface area contributed by atoms with Gasteiger partial charge in [0.1, 0.15) is 5.75 Å².